The molecule has 1 amide bonds. The second-order valence-electron chi connectivity index (χ2n) is 8.17. The van der Waals surface area contributed by atoms with E-state index in [2.05, 4.69) is 5.32 Å². The molecule has 154 valence electrons. The fourth-order valence-electron chi connectivity index (χ4n) is 4.35. The second-order valence-corrected chi connectivity index (χ2v) is 8.17. The topological polar surface area (TPSA) is 58.6 Å². The van der Waals surface area contributed by atoms with Gasteiger partial charge < -0.3 is 15.2 Å². The minimum Gasteiger partial charge on any atom is -0.507 e. The van der Waals surface area contributed by atoms with Crippen LogP contribution in [0, 0.1) is 6.92 Å². The number of fused-ring (bicyclic) bond motifs is 3. The molecule has 0 radical (unpaired) electrons. The Balaban J connectivity index is 1.63. The van der Waals surface area contributed by atoms with E-state index in [9.17, 15) is 9.90 Å². The third-order valence-electron chi connectivity index (χ3n) is 5.97. The Kier molecular flexibility index (Phi) is 4.63. The lowest BCUT2D eigenvalue weighted by molar-refractivity contribution is 0.0877. The van der Waals surface area contributed by atoms with Crippen LogP contribution >= 0.6 is 0 Å². The zero-order chi connectivity index (χ0) is 21.4. The Bertz CT molecular complexity index is 1270. The molecule has 0 fully saturated rings. The molecule has 0 unspecified atom stereocenters. The molecule has 4 aromatic carbocycles. The van der Waals surface area contributed by atoms with Crippen molar-refractivity contribution in [3.63, 3.8) is 0 Å². The maximum atomic E-state index is 13.2. The molecular formula is C27H23NO3. The summed E-state index contributed by atoms with van der Waals surface area (Å²) in [4.78, 5) is 13.2. The molecule has 4 heteroatoms. The average Bonchev–Trinajstić information content (AvgIpc) is 3.13. The number of phenols is 1. The van der Waals surface area contributed by atoms with Gasteiger partial charge in [0.05, 0.1) is 0 Å². The molecule has 31 heavy (non-hydrogen) atoms. The van der Waals surface area contributed by atoms with Gasteiger partial charge >= 0.3 is 0 Å². The molecule has 1 aliphatic rings. The van der Waals surface area contributed by atoms with Crippen molar-refractivity contribution in [2.45, 2.75) is 18.9 Å². The molecule has 0 spiro atoms. The van der Waals surface area contributed by atoms with Crippen LogP contribution in [0.4, 0.5) is 0 Å². The number of benzene rings is 4. The quantitative estimate of drug-likeness (QED) is 0.492. The second kappa shape index (κ2) is 7.47. The van der Waals surface area contributed by atoms with E-state index < -0.39 is 5.54 Å². The zero-order valence-electron chi connectivity index (χ0n) is 17.3. The third-order valence-corrected chi connectivity index (χ3v) is 5.97. The molecule has 2 N–H and O–H groups in total. The highest BCUT2D eigenvalue weighted by atomic mass is 16.5. The minimum atomic E-state index is -0.792. The summed E-state index contributed by atoms with van der Waals surface area (Å²) in [6.45, 7) is 2.29. The summed E-state index contributed by atoms with van der Waals surface area (Å²) in [6.07, 6.45) is 0.552. The Morgan fingerprint density at radius 2 is 1.65 bits per heavy atom. The summed E-state index contributed by atoms with van der Waals surface area (Å²) in [5, 5.41) is 15.6. The molecule has 0 saturated carbocycles. The van der Waals surface area contributed by atoms with Crippen molar-refractivity contribution in [3.8, 4) is 11.5 Å². The summed E-state index contributed by atoms with van der Waals surface area (Å²) < 4.78 is 6.18. The molecule has 1 heterocycles. The number of ether oxygens (including phenoxy) is 1. The summed E-state index contributed by atoms with van der Waals surface area (Å²) in [5.74, 6) is 0.732. The Morgan fingerprint density at radius 3 is 2.39 bits per heavy atom. The third kappa shape index (κ3) is 3.40. The van der Waals surface area contributed by atoms with Gasteiger partial charge in [-0.1, -0.05) is 72.3 Å². The first-order valence-electron chi connectivity index (χ1n) is 10.4. The number of carbonyl (C=O) groups is 1. The van der Waals surface area contributed by atoms with Crippen LogP contribution in [0.25, 0.3) is 10.8 Å². The molecule has 5 rings (SSSR count). The Hall–Kier alpha value is -3.79. The van der Waals surface area contributed by atoms with Gasteiger partial charge in [-0.25, -0.2) is 0 Å². The smallest absolute Gasteiger partial charge is 0.252 e. The number of hydrogen-bond donors (Lipinski definition) is 2. The first-order valence-corrected chi connectivity index (χ1v) is 10.4. The van der Waals surface area contributed by atoms with Crippen molar-refractivity contribution in [2.24, 2.45) is 0 Å². The molecule has 1 atom stereocenters. The van der Waals surface area contributed by atoms with Crippen LogP contribution in [0.15, 0.2) is 84.9 Å². The van der Waals surface area contributed by atoms with Crippen LogP contribution in [-0.2, 0) is 12.0 Å². The lowest BCUT2D eigenvalue weighted by Gasteiger charge is -2.30. The number of carbonyl (C=O) groups excluding carboxylic acids is 1. The predicted molar refractivity (Wildman–Crippen MR) is 122 cm³/mol. The number of aryl methyl sites for hydroxylation is 1. The van der Waals surface area contributed by atoms with Gasteiger partial charge in [0.1, 0.15) is 23.6 Å². The van der Waals surface area contributed by atoms with Crippen molar-refractivity contribution in [1.82, 2.24) is 5.32 Å². The van der Waals surface area contributed by atoms with Crippen LogP contribution in [0.3, 0.4) is 0 Å². The molecule has 4 aromatic rings. The zero-order valence-corrected chi connectivity index (χ0v) is 17.3. The maximum absolute atomic E-state index is 13.2. The van der Waals surface area contributed by atoms with E-state index in [1.165, 1.54) is 0 Å². The van der Waals surface area contributed by atoms with Gasteiger partial charge in [0.15, 0.2) is 0 Å². The summed E-state index contributed by atoms with van der Waals surface area (Å²) >= 11 is 0. The highest BCUT2D eigenvalue weighted by Crippen LogP contribution is 2.46. The first kappa shape index (κ1) is 19.2. The molecule has 0 bridgehead atoms. The van der Waals surface area contributed by atoms with E-state index in [4.69, 9.17) is 4.74 Å². The normalized spacial score (nSPS) is 17.2. The van der Waals surface area contributed by atoms with Crippen LogP contribution in [0.1, 0.15) is 27.0 Å². The summed E-state index contributed by atoms with van der Waals surface area (Å²) in [5.41, 5.74) is 2.78. The van der Waals surface area contributed by atoms with Gasteiger partial charge in [-0.3, -0.25) is 4.79 Å². The predicted octanol–water partition coefficient (Wildman–Crippen LogP) is 5.11. The monoisotopic (exact) mass is 409 g/mol. The lowest BCUT2D eigenvalue weighted by atomic mass is 9.84. The van der Waals surface area contributed by atoms with Crippen LogP contribution in [0.2, 0.25) is 0 Å². The van der Waals surface area contributed by atoms with Crippen molar-refractivity contribution >= 4 is 16.7 Å². The van der Waals surface area contributed by atoms with Crippen molar-refractivity contribution in [3.05, 3.63) is 107 Å². The van der Waals surface area contributed by atoms with Gasteiger partial charge in [0.2, 0.25) is 0 Å². The fraction of sp³-hybridized carbons (Fsp3) is 0.148. The van der Waals surface area contributed by atoms with E-state index in [0.717, 1.165) is 27.5 Å². The van der Waals surface area contributed by atoms with Crippen molar-refractivity contribution in [1.29, 1.82) is 0 Å². The van der Waals surface area contributed by atoms with E-state index in [1.807, 2.05) is 85.8 Å². The SMILES string of the molecule is Cc1ccc(C(=O)N[C@@]2(Cc3ccccc3)COc3c2cc(O)c2ccccc32)cc1. The average molecular weight is 409 g/mol. The molecule has 0 saturated heterocycles. The minimum absolute atomic E-state index is 0.167. The van der Waals surface area contributed by atoms with Crippen LogP contribution in [-0.4, -0.2) is 17.6 Å². The highest BCUT2D eigenvalue weighted by Gasteiger charge is 2.43. The number of hydrogen-bond acceptors (Lipinski definition) is 3. The lowest BCUT2D eigenvalue weighted by Crippen LogP contribution is -2.49. The number of amides is 1. The van der Waals surface area contributed by atoms with Crippen LogP contribution in [0.5, 0.6) is 11.5 Å². The summed E-state index contributed by atoms with van der Waals surface area (Å²) in [7, 11) is 0. The van der Waals surface area contributed by atoms with E-state index >= 15 is 0 Å². The number of rotatable bonds is 4. The van der Waals surface area contributed by atoms with Gasteiger partial charge in [-0.05, 0) is 30.7 Å². The Labute approximate surface area is 181 Å². The van der Waals surface area contributed by atoms with E-state index in [-0.39, 0.29) is 11.7 Å². The summed E-state index contributed by atoms with van der Waals surface area (Å²) in [6, 6.07) is 26.9. The first-order chi connectivity index (χ1) is 15.1. The van der Waals surface area contributed by atoms with E-state index in [0.29, 0.717) is 24.3 Å². The van der Waals surface area contributed by atoms with Gasteiger partial charge in [0, 0.05) is 28.3 Å². The fourth-order valence-corrected chi connectivity index (χ4v) is 4.35. The van der Waals surface area contributed by atoms with Gasteiger partial charge in [0.25, 0.3) is 5.91 Å². The van der Waals surface area contributed by atoms with E-state index in [1.54, 1.807) is 6.07 Å². The van der Waals surface area contributed by atoms with Gasteiger partial charge in [-0.2, -0.15) is 0 Å². The molecule has 0 aromatic heterocycles. The maximum Gasteiger partial charge on any atom is 0.252 e. The molecule has 0 aliphatic carbocycles. The van der Waals surface area contributed by atoms with Crippen LogP contribution < -0.4 is 10.1 Å². The Morgan fingerprint density at radius 1 is 0.968 bits per heavy atom. The number of phenolic OH excluding ortho intramolecular Hbond substituents is 1. The van der Waals surface area contributed by atoms with Crippen molar-refractivity contribution < 1.29 is 14.6 Å². The number of aromatic hydroxyl groups is 1. The largest absolute Gasteiger partial charge is 0.507 e. The van der Waals surface area contributed by atoms with Gasteiger partial charge in [-0.15, -0.1) is 0 Å². The standard InChI is InChI=1S/C27H23NO3/c1-18-11-13-20(14-12-18)26(30)28-27(16-19-7-3-2-4-8-19)17-31-25-22-10-6-5-9-21(22)24(29)15-23(25)27/h2-15,29H,16-17H2,1H3,(H,28,30)/t27-/m0/s1. The highest BCUT2D eigenvalue weighted by molar-refractivity contribution is 5.97. The number of nitrogens with one attached hydrogen (secondary N) is 1. The molecule has 1 aliphatic heterocycles. The molecular weight excluding hydrogens is 386 g/mol. The molecule has 4 nitrogen and oxygen atoms in total. The van der Waals surface area contributed by atoms with Crippen molar-refractivity contribution in [2.75, 3.05) is 6.61 Å².